The summed E-state index contributed by atoms with van der Waals surface area (Å²) in [5.74, 6) is 0.794. The summed E-state index contributed by atoms with van der Waals surface area (Å²) in [6, 6.07) is 0. The lowest BCUT2D eigenvalue weighted by Crippen LogP contribution is -2.48. The summed E-state index contributed by atoms with van der Waals surface area (Å²) in [5, 5.41) is 7.75. The van der Waals surface area contributed by atoms with E-state index < -0.39 is 0 Å². The first-order chi connectivity index (χ1) is 10.1. The first-order valence-corrected chi connectivity index (χ1v) is 6.94. The Morgan fingerprint density at radius 3 is 2.48 bits per heavy atom. The monoisotopic (exact) mass is 296 g/mol. The number of carbonyl (C=O) groups is 2. The van der Waals surface area contributed by atoms with Crippen molar-refractivity contribution in [1.29, 1.82) is 0 Å². The van der Waals surface area contributed by atoms with E-state index in [0.29, 0.717) is 31.4 Å². The molecule has 0 unspecified atom stereocenters. The molecule has 0 aromatic carbocycles. The molecule has 0 aliphatic carbocycles. The molecule has 1 aliphatic heterocycles. The molecule has 0 bridgehead atoms. The van der Waals surface area contributed by atoms with Gasteiger partial charge in [-0.25, -0.2) is 0 Å². The minimum Gasteiger partial charge on any atom is -0.469 e. The van der Waals surface area contributed by atoms with Crippen molar-refractivity contribution in [3.05, 3.63) is 11.8 Å². The van der Waals surface area contributed by atoms with Crippen molar-refractivity contribution in [2.45, 2.75) is 26.3 Å². The van der Waals surface area contributed by atoms with Crippen LogP contribution in [0.15, 0.2) is 4.42 Å². The number of hydrogen-bond acceptors (Lipinski definition) is 7. The van der Waals surface area contributed by atoms with Gasteiger partial charge < -0.3 is 14.1 Å². The van der Waals surface area contributed by atoms with Gasteiger partial charge in [0.05, 0.1) is 20.1 Å². The van der Waals surface area contributed by atoms with Crippen LogP contribution in [0.3, 0.4) is 0 Å². The van der Waals surface area contributed by atoms with Gasteiger partial charge in [-0.15, -0.1) is 10.2 Å². The number of piperazine rings is 1. The van der Waals surface area contributed by atoms with Crippen molar-refractivity contribution in [1.82, 2.24) is 20.0 Å². The van der Waals surface area contributed by atoms with Crippen LogP contribution in [0.5, 0.6) is 0 Å². The van der Waals surface area contributed by atoms with Crippen LogP contribution in [0.2, 0.25) is 0 Å². The summed E-state index contributed by atoms with van der Waals surface area (Å²) >= 11 is 0. The lowest BCUT2D eigenvalue weighted by molar-refractivity contribution is -0.144. The maximum atomic E-state index is 11.9. The third kappa shape index (κ3) is 4.52. The number of amides is 1. The number of ether oxygens (including phenoxy) is 1. The number of methoxy groups -OCH3 is 1. The van der Waals surface area contributed by atoms with Gasteiger partial charge in [-0.2, -0.15) is 0 Å². The quantitative estimate of drug-likeness (QED) is 0.705. The Bertz CT molecular complexity index is 494. The Morgan fingerprint density at radius 1 is 1.19 bits per heavy atom. The van der Waals surface area contributed by atoms with E-state index in [1.165, 1.54) is 7.11 Å². The highest BCUT2D eigenvalue weighted by molar-refractivity contribution is 5.81. The topological polar surface area (TPSA) is 88.8 Å². The lowest BCUT2D eigenvalue weighted by atomic mass is 10.2. The van der Waals surface area contributed by atoms with Crippen LogP contribution < -0.4 is 0 Å². The summed E-state index contributed by atoms with van der Waals surface area (Å²) in [5.41, 5.74) is 0. The molecule has 2 heterocycles. The fourth-order valence-corrected chi connectivity index (χ4v) is 2.22. The maximum Gasteiger partial charge on any atom is 0.306 e. The number of carbonyl (C=O) groups excluding carboxylic acids is 2. The highest BCUT2D eigenvalue weighted by Gasteiger charge is 2.22. The van der Waals surface area contributed by atoms with E-state index in [2.05, 4.69) is 19.8 Å². The number of aryl methyl sites for hydroxylation is 1. The van der Waals surface area contributed by atoms with Crippen LogP contribution >= 0.6 is 0 Å². The van der Waals surface area contributed by atoms with Crippen LogP contribution in [0.25, 0.3) is 0 Å². The molecule has 1 aromatic rings. The van der Waals surface area contributed by atoms with E-state index in [4.69, 9.17) is 4.42 Å². The standard InChI is InChI=1S/C13H20N4O4/c1-10-14-15-11(21-10)9-16-5-7-17(8-6-16)12(18)3-4-13(19)20-2/h3-9H2,1-2H3. The van der Waals surface area contributed by atoms with Gasteiger partial charge in [-0.1, -0.05) is 0 Å². The van der Waals surface area contributed by atoms with Crippen LogP contribution in [-0.2, 0) is 20.9 Å². The fourth-order valence-electron chi connectivity index (χ4n) is 2.22. The molecule has 0 radical (unpaired) electrons. The number of aromatic nitrogens is 2. The molecule has 1 aliphatic rings. The fraction of sp³-hybridized carbons (Fsp3) is 0.692. The molecule has 1 amide bonds. The predicted octanol–water partition coefficient (Wildman–Crippen LogP) is -0.0246. The Morgan fingerprint density at radius 2 is 1.90 bits per heavy atom. The molecule has 1 fully saturated rings. The van der Waals surface area contributed by atoms with Gasteiger partial charge in [0.1, 0.15) is 0 Å². The van der Waals surface area contributed by atoms with Crippen molar-refractivity contribution in [2.24, 2.45) is 0 Å². The molecule has 0 spiro atoms. The van der Waals surface area contributed by atoms with Crippen molar-refractivity contribution < 1.29 is 18.7 Å². The Hall–Kier alpha value is -1.96. The third-order valence-electron chi connectivity index (χ3n) is 3.42. The second kappa shape index (κ2) is 7.16. The largest absolute Gasteiger partial charge is 0.469 e. The summed E-state index contributed by atoms with van der Waals surface area (Å²) in [6.07, 6.45) is 0.340. The molecule has 0 saturated carbocycles. The molecule has 1 saturated heterocycles. The zero-order valence-corrected chi connectivity index (χ0v) is 12.4. The third-order valence-corrected chi connectivity index (χ3v) is 3.42. The molecular formula is C13H20N4O4. The first kappa shape index (κ1) is 15.4. The average molecular weight is 296 g/mol. The zero-order valence-electron chi connectivity index (χ0n) is 12.4. The predicted molar refractivity (Wildman–Crippen MR) is 72.1 cm³/mol. The van der Waals surface area contributed by atoms with Crippen LogP contribution in [0.1, 0.15) is 24.6 Å². The Balaban J connectivity index is 1.72. The molecule has 21 heavy (non-hydrogen) atoms. The summed E-state index contributed by atoms with van der Waals surface area (Å²) in [6.45, 7) is 5.16. The highest BCUT2D eigenvalue weighted by Crippen LogP contribution is 2.09. The Kier molecular flexibility index (Phi) is 5.26. The number of nitrogens with zero attached hydrogens (tertiary/aromatic N) is 4. The molecule has 2 rings (SSSR count). The highest BCUT2D eigenvalue weighted by atomic mass is 16.5. The van der Waals surface area contributed by atoms with Crippen molar-refractivity contribution in [3.63, 3.8) is 0 Å². The second-order valence-electron chi connectivity index (χ2n) is 4.95. The van der Waals surface area contributed by atoms with E-state index in [1.54, 1.807) is 11.8 Å². The van der Waals surface area contributed by atoms with E-state index in [1.807, 2.05) is 0 Å². The summed E-state index contributed by atoms with van der Waals surface area (Å²) < 4.78 is 9.87. The molecular weight excluding hydrogens is 276 g/mol. The molecule has 116 valence electrons. The number of rotatable bonds is 5. The molecule has 8 nitrogen and oxygen atoms in total. The molecule has 0 atom stereocenters. The zero-order chi connectivity index (χ0) is 15.2. The first-order valence-electron chi connectivity index (χ1n) is 6.94. The summed E-state index contributed by atoms with van der Waals surface area (Å²) in [4.78, 5) is 26.9. The van der Waals surface area contributed by atoms with Gasteiger partial charge >= 0.3 is 5.97 Å². The van der Waals surface area contributed by atoms with Crippen molar-refractivity contribution in [2.75, 3.05) is 33.3 Å². The van der Waals surface area contributed by atoms with E-state index >= 15 is 0 Å². The van der Waals surface area contributed by atoms with Crippen molar-refractivity contribution in [3.8, 4) is 0 Å². The van der Waals surface area contributed by atoms with Gasteiger partial charge in [-0.05, 0) is 0 Å². The normalized spacial score (nSPS) is 16.0. The number of esters is 1. The molecule has 8 heteroatoms. The van der Waals surface area contributed by atoms with Crippen LogP contribution in [0, 0.1) is 6.92 Å². The summed E-state index contributed by atoms with van der Waals surface area (Å²) in [7, 11) is 1.32. The smallest absolute Gasteiger partial charge is 0.306 e. The Labute approximate surface area is 123 Å². The minimum absolute atomic E-state index is 0.00585. The van der Waals surface area contributed by atoms with Crippen LogP contribution in [0.4, 0.5) is 0 Å². The van der Waals surface area contributed by atoms with Gasteiger partial charge in [0.2, 0.25) is 17.7 Å². The maximum absolute atomic E-state index is 11.9. The second-order valence-corrected chi connectivity index (χ2v) is 4.95. The van der Waals surface area contributed by atoms with Gasteiger partial charge in [0.25, 0.3) is 0 Å². The SMILES string of the molecule is COC(=O)CCC(=O)N1CCN(Cc2nnc(C)o2)CC1. The average Bonchev–Trinajstić information content (AvgIpc) is 2.90. The molecule has 0 N–H and O–H groups in total. The van der Waals surface area contributed by atoms with E-state index in [0.717, 1.165) is 13.1 Å². The van der Waals surface area contributed by atoms with Crippen LogP contribution in [-0.4, -0.2) is 65.2 Å². The van der Waals surface area contributed by atoms with E-state index in [-0.39, 0.29) is 24.7 Å². The van der Waals surface area contributed by atoms with Crippen molar-refractivity contribution >= 4 is 11.9 Å². The van der Waals surface area contributed by atoms with Gasteiger partial charge in [0, 0.05) is 39.5 Å². The van der Waals surface area contributed by atoms with Gasteiger partial charge in [-0.3, -0.25) is 14.5 Å². The van der Waals surface area contributed by atoms with E-state index in [9.17, 15) is 9.59 Å². The lowest BCUT2D eigenvalue weighted by Gasteiger charge is -2.34. The number of hydrogen-bond donors (Lipinski definition) is 0. The molecule has 1 aromatic heterocycles. The minimum atomic E-state index is -0.353. The van der Waals surface area contributed by atoms with Gasteiger partial charge in [0.15, 0.2) is 0 Å².